The van der Waals surface area contributed by atoms with Gasteiger partial charge in [0.15, 0.2) is 11.6 Å². The molecule has 0 unspecified atom stereocenters. The zero-order valence-corrected chi connectivity index (χ0v) is 12.6. The van der Waals surface area contributed by atoms with Crippen LogP contribution in [-0.2, 0) is 11.2 Å². The van der Waals surface area contributed by atoms with Gasteiger partial charge in [0.05, 0.1) is 19.1 Å². The number of rotatable bonds is 5. The molecule has 1 fully saturated rings. The highest BCUT2D eigenvalue weighted by Gasteiger charge is 2.33. The maximum Gasteiger partial charge on any atom is 0.226 e. The van der Waals surface area contributed by atoms with Crippen LogP contribution in [0.5, 0.6) is 5.75 Å². The highest BCUT2D eigenvalue weighted by molar-refractivity contribution is 5.78. The Hall–Kier alpha value is -1.62. The molecule has 1 saturated carbocycles. The van der Waals surface area contributed by atoms with E-state index in [1.807, 2.05) is 0 Å². The van der Waals surface area contributed by atoms with Crippen molar-refractivity contribution in [2.75, 3.05) is 20.7 Å². The SMILES string of the molecule is COc1ccc(CC(=O)N(C)CC2(O)CCCC2)cc1F. The number of carbonyl (C=O) groups excluding carboxylic acids is 1. The molecule has 2 rings (SSSR count). The summed E-state index contributed by atoms with van der Waals surface area (Å²) < 4.78 is 18.5. The minimum Gasteiger partial charge on any atom is -0.494 e. The van der Waals surface area contributed by atoms with E-state index in [0.29, 0.717) is 12.1 Å². The summed E-state index contributed by atoms with van der Waals surface area (Å²) in [7, 11) is 3.08. The van der Waals surface area contributed by atoms with Crippen LogP contribution in [0.15, 0.2) is 18.2 Å². The fraction of sp³-hybridized carbons (Fsp3) is 0.562. The number of carbonyl (C=O) groups is 1. The van der Waals surface area contributed by atoms with Gasteiger partial charge < -0.3 is 14.7 Å². The number of nitrogens with zero attached hydrogens (tertiary/aromatic N) is 1. The molecule has 0 bridgehead atoms. The lowest BCUT2D eigenvalue weighted by atomic mass is 10.0. The first-order valence-corrected chi connectivity index (χ1v) is 7.22. The Balaban J connectivity index is 1.95. The smallest absolute Gasteiger partial charge is 0.226 e. The van der Waals surface area contributed by atoms with Crippen LogP contribution in [-0.4, -0.2) is 42.2 Å². The Morgan fingerprint density at radius 3 is 2.67 bits per heavy atom. The van der Waals surface area contributed by atoms with Crippen molar-refractivity contribution in [3.63, 3.8) is 0 Å². The van der Waals surface area contributed by atoms with Gasteiger partial charge >= 0.3 is 0 Å². The van der Waals surface area contributed by atoms with Gasteiger partial charge in [-0.15, -0.1) is 0 Å². The van der Waals surface area contributed by atoms with Gasteiger partial charge in [0, 0.05) is 13.6 Å². The van der Waals surface area contributed by atoms with Crippen LogP contribution in [0.4, 0.5) is 4.39 Å². The Kier molecular flexibility index (Phi) is 4.83. The number of hydrogen-bond acceptors (Lipinski definition) is 3. The molecule has 0 aliphatic heterocycles. The average Bonchev–Trinajstić information content (AvgIpc) is 2.85. The van der Waals surface area contributed by atoms with Gasteiger partial charge in [-0.2, -0.15) is 0 Å². The van der Waals surface area contributed by atoms with Gasteiger partial charge in [-0.05, 0) is 30.5 Å². The highest BCUT2D eigenvalue weighted by atomic mass is 19.1. The molecule has 0 aromatic heterocycles. The molecule has 0 spiro atoms. The number of ether oxygens (including phenoxy) is 1. The van der Waals surface area contributed by atoms with Crippen molar-refractivity contribution in [2.24, 2.45) is 0 Å². The molecule has 0 atom stereocenters. The number of halogens is 1. The quantitative estimate of drug-likeness (QED) is 0.905. The van der Waals surface area contributed by atoms with Gasteiger partial charge in [0.25, 0.3) is 0 Å². The monoisotopic (exact) mass is 295 g/mol. The van der Waals surface area contributed by atoms with E-state index in [1.54, 1.807) is 13.1 Å². The topological polar surface area (TPSA) is 49.8 Å². The van der Waals surface area contributed by atoms with Crippen LogP contribution in [0.1, 0.15) is 31.2 Å². The van der Waals surface area contributed by atoms with Crippen molar-refractivity contribution < 1.29 is 19.0 Å². The molecule has 1 N–H and O–H groups in total. The lowest BCUT2D eigenvalue weighted by Gasteiger charge is -2.28. The fourth-order valence-electron chi connectivity index (χ4n) is 2.85. The minimum absolute atomic E-state index is 0.119. The second-order valence-corrected chi connectivity index (χ2v) is 5.83. The Morgan fingerprint density at radius 2 is 2.10 bits per heavy atom. The standard InChI is InChI=1S/C16H22FNO3/c1-18(11-16(20)7-3-4-8-16)15(19)10-12-5-6-14(21-2)13(17)9-12/h5-6,9,20H,3-4,7-8,10-11H2,1-2H3. The molecule has 1 aromatic rings. The van der Waals surface area contributed by atoms with Gasteiger partial charge in [0.1, 0.15) is 0 Å². The zero-order valence-electron chi connectivity index (χ0n) is 12.6. The number of benzene rings is 1. The van der Waals surface area contributed by atoms with Crippen molar-refractivity contribution in [2.45, 2.75) is 37.7 Å². The van der Waals surface area contributed by atoms with Crippen LogP contribution in [0, 0.1) is 5.82 Å². The van der Waals surface area contributed by atoms with Crippen LogP contribution < -0.4 is 4.74 Å². The first-order chi connectivity index (χ1) is 9.93. The highest BCUT2D eigenvalue weighted by Crippen LogP contribution is 2.30. The van der Waals surface area contributed by atoms with Crippen LogP contribution in [0.3, 0.4) is 0 Å². The zero-order chi connectivity index (χ0) is 15.5. The van der Waals surface area contributed by atoms with Crippen LogP contribution in [0.2, 0.25) is 0 Å². The summed E-state index contributed by atoms with van der Waals surface area (Å²) in [6.45, 7) is 0.338. The molecule has 1 aliphatic rings. The number of likely N-dealkylation sites (N-methyl/N-ethyl adjacent to an activating group) is 1. The van der Waals surface area contributed by atoms with Crippen molar-refractivity contribution in [1.82, 2.24) is 4.90 Å². The van der Waals surface area contributed by atoms with E-state index in [1.165, 1.54) is 24.1 Å². The van der Waals surface area contributed by atoms with Gasteiger partial charge in [-0.25, -0.2) is 4.39 Å². The van der Waals surface area contributed by atoms with E-state index in [4.69, 9.17) is 4.74 Å². The molecule has 0 saturated heterocycles. The number of amides is 1. The lowest BCUT2D eigenvalue weighted by molar-refractivity contribution is -0.132. The third kappa shape index (κ3) is 3.94. The predicted molar refractivity (Wildman–Crippen MR) is 77.7 cm³/mol. The summed E-state index contributed by atoms with van der Waals surface area (Å²) in [5, 5.41) is 10.3. The third-order valence-corrected chi connectivity index (χ3v) is 4.06. The van der Waals surface area contributed by atoms with Gasteiger partial charge in [0.2, 0.25) is 5.91 Å². The van der Waals surface area contributed by atoms with Crippen molar-refractivity contribution in [3.05, 3.63) is 29.6 Å². The molecule has 5 heteroatoms. The van der Waals surface area contributed by atoms with E-state index < -0.39 is 11.4 Å². The molecule has 116 valence electrons. The van der Waals surface area contributed by atoms with Gasteiger partial charge in [-0.1, -0.05) is 18.9 Å². The number of aliphatic hydroxyl groups is 1. The third-order valence-electron chi connectivity index (χ3n) is 4.06. The van der Waals surface area contributed by atoms with E-state index >= 15 is 0 Å². The largest absolute Gasteiger partial charge is 0.494 e. The summed E-state index contributed by atoms with van der Waals surface area (Å²) in [5.41, 5.74) is -0.154. The molecule has 0 heterocycles. The number of hydrogen-bond donors (Lipinski definition) is 1. The summed E-state index contributed by atoms with van der Waals surface area (Å²) in [6.07, 6.45) is 3.60. The molecule has 1 amide bonds. The molecule has 1 aliphatic carbocycles. The summed E-state index contributed by atoms with van der Waals surface area (Å²) in [5.74, 6) is -0.431. The second kappa shape index (κ2) is 6.43. The first-order valence-electron chi connectivity index (χ1n) is 7.22. The van der Waals surface area contributed by atoms with Gasteiger partial charge in [-0.3, -0.25) is 4.79 Å². The first kappa shape index (κ1) is 15.8. The molecular weight excluding hydrogens is 273 g/mol. The Morgan fingerprint density at radius 1 is 1.43 bits per heavy atom. The van der Waals surface area contributed by atoms with Crippen molar-refractivity contribution in [1.29, 1.82) is 0 Å². The maximum absolute atomic E-state index is 13.6. The number of methoxy groups -OCH3 is 1. The molecule has 0 radical (unpaired) electrons. The summed E-state index contributed by atoms with van der Waals surface area (Å²) in [4.78, 5) is 13.7. The Bertz CT molecular complexity index is 512. The predicted octanol–water partition coefficient (Wildman–Crippen LogP) is 2.14. The van der Waals surface area contributed by atoms with Crippen molar-refractivity contribution >= 4 is 5.91 Å². The van der Waals surface area contributed by atoms with E-state index in [-0.39, 0.29) is 18.1 Å². The average molecular weight is 295 g/mol. The maximum atomic E-state index is 13.6. The molecular formula is C16H22FNO3. The second-order valence-electron chi connectivity index (χ2n) is 5.83. The minimum atomic E-state index is -0.754. The molecule has 21 heavy (non-hydrogen) atoms. The normalized spacial score (nSPS) is 16.8. The summed E-state index contributed by atoms with van der Waals surface area (Å²) >= 11 is 0. The van der Waals surface area contributed by atoms with Crippen LogP contribution >= 0.6 is 0 Å². The van der Waals surface area contributed by atoms with E-state index in [2.05, 4.69) is 0 Å². The summed E-state index contributed by atoms with van der Waals surface area (Å²) in [6, 6.07) is 4.51. The molecule has 4 nitrogen and oxygen atoms in total. The van der Waals surface area contributed by atoms with E-state index in [0.717, 1.165) is 25.7 Å². The lowest BCUT2D eigenvalue weighted by Crippen LogP contribution is -2.42. The van der Waals surface area contributed by atoms with Crippen LogP contribution in [0.25, 0.3) is 0 Å². The Labute approximate surface area is 124 Å². The van der Waals surface area contributed by atoms with Crippen molar-refractivity contribution in [3.8, 4) is 5.75 Å². The van der Waals surface area contributed by atoms with E-state index in [9.17, 15) is 14.3 Å². The molecule has 1 aromatic carbocycles. The fourth-order valence-corrected chi connectivity index (χ4v) is 2.85.